The molecule has 3 aliphatic rings. The molecule has 48 heavy (non-hydrogen) atoms. The van der Waals surface area contributed by atoms with Crippen LogP contribution in [0.5, 0.6) is 17.6 Å². The third-order valence-corrected chi connectivity index (χ3v) is 10.8. The standard InChI is InChI=1S/C36H42F3N5O4/c1-4-23-25(38)10-9-21-16-22(45)17-24(27(21)23)30-29(39)31-28(33(40-30)47-3)32(44-15-7-13-36(46,18-37)19-44)42-34(41-31)48-20-35-11-5-8-26(35)43(2)14-6-12-35/h9-10,16-17,26,45-46H,4-8,11-15,18-20H2,1-3H3/t26-,35-,36+/m1/s1. The number of piperidine rings is 2. The highest BCUT2D eigenvalue weighted by atomic mass is 19.1. The first-order valence-corrected chi connectivity index (χ1v) is 16.9. The Labute approximate surface area is 277 Å². The number of aromatic nitrogens is 3. The highest BCUT2D eigenvalue weighted by Crippen LogP contribution is 2.48. The van der Waals surface area contributed by atoms with Crippen LogP contribution in [0, 0.1) is 17.0 Å². The number of aryl methyl sites for hydroxylation is 1. The first-order chi connectivity index (χ1) is 23.1. The van der Waals surface area contributed by atoms with E-state index in [9.17, 15) is 14.6 Å². The Morgan fingerprint density at radius 1 is 1.02 bits per heavy atom. The second kappa shape index (κ2) is 12.5. The lowest BCUT2D eigenvalue weighted by Crippen LogP contribution is -2.50. The van der Waals surface area contributed by atoms with Crippen molar-refractivity contribution in [1.29, 1.82) is 0 Å². The Balaban J connectivity index is 1.43. The summed E-state index contributed by atoms with van der Waals surface area (Å²) in [5.74, 6) is -1.20. The lowest BCUT2D eigenvalue weighted by Gasteiger charge is -2.44. The molecule has 2 N–H and O–H groups in total. The van der Waals surface area contributed by atoms with E-state index in [0.29, 0.717) is 48.4 Å². The van der Waals surface area contributed by atoms with Gasteiger partial charge in [-0.25, -0.2) is 18.2 Å². The fourth-order valence-electron chi connectivity index (χ4n) is 8.54. The molecular formula is C36H42F3N5O4. The van der Waals surface area contributed by atoms with Crippen LogP contribution in [0.1, 0.15) is 57.4 Å². The maximum Gasteiger partial charge on any atom is 0.319 e. The second-order valence-electron chi connectivity index (χ2n) is 13.8. The van der Waals surface area contributed by atoms with Crippen molar-refractivity contribution in [1.82, 2.24) is 19.9 Å². The maximum atomic E-state index is 17.1. The number of phenols is 1. The Kier molecular flexibility index (Phi) is 8.52. The van der Waals surface area contributed by atoms with E-state index in [0.717, 1.165) is 38.6 Å². The number of halogens is 3. The van der Waals surface area contributed by atoms with Crippen LogP contribution >= 0.6 is 0 Å². The molecule has 2 aromatic carbocycles. The smallest absolute Gasteiger partial charge is 0.319 e. The van der Waals surface area contributed by atoms with E-state index in [2.05, 4.69) is 21.9 Å². The number of aromatic hydroxyl groups is 1. The molecule has 12 heteroatoms. The van der Waals surface area contributed by atoms with Gasteiger partial charge < -0.3 is 29.5 Å². The Morgan fingerprint density at radius 2 is 1.81 bits per heavy atom. The second-order valence-corrected chi connectivity index (χ2v) is 13.8. The maximum absolute atomic E-state index is 17.1. The number of fused-ring (bicyclic) bond motifs is 3. The van der Waals surface area contributed by atoms with Crippen LogP contribution in [0.2, 0.25) is 0 Å². The summed E-state index contributed by atoms with van der Waals surface area (Å²) >= 11 is 0. The van der Waals surface area contributed by atoms with Crippen molar-refractivity contribution in [2.75, 3.05) is 52.0 Å². The van der Waals surface area contributed by atoms with Crippen molar-refractivity contribution in [3.8, 4) is 28.9 Å². The molecule has 1 saturated carbocycles. The van der Waals surface area contributed by atoms with E-state index < -0.39 is 23.9 Å². The molecule has 2 saturated heterocycles. The minimum Gasteiger partial charge on any atom is -0.508 e. The molecule has 256 valence electrons. The molecule has 1 aliphatic carbocycles. The van der Waals surface area contributed by atoms with E-state index >= 15 is 8.78 Å². The highest BCUT2D eigenvalue weighted by Gasteiger charge is 2.47. The predicted molar refractivity (Wildman–Crippen MR) is 178 cm³/mol. The summed E-state index contributed by atoms with van der Waals surface area (Å²) in [5.41, 5.74) is -1.45. The van der Waals surface area contributed by atoms with E-state index in [1.54, 1.807) is 11.8 Å². The summed E-state index contributed by atoms with van der Waals surface area (Å²) in [6, 6.07) is 6.05. The summed E-state index contributed by atoms with van der Waals surface area (Å²) in [6.07, 6.45) is 6.32. The number of benzene rings is 2. The van der Waals surface area contributed by atoms with Crippen LogP contribution < -0.4 is 14.4 Å². The molecule has 3 atom stereocenters. The molecule has 0 bridgehead atoms. The van der Waals surface area contributed by atoms with Crippen LogP contribution in [0.3, 0.4) is 0 Å². The number of likely N-dealkylation sites (tertiary alicyclic amines) is 1. The summed E-state index contributed by atoms with van der Waals surface area (Å²) in [4.78, 5) is 18.1. The van der Waals surface area contributed by atoms with Gasteiger partial charge in [0.05, 0.1) is 20.3 Å². The molecule has 4 heterocycles. The van der Waals surface area contributed by atoms with Crippen molar-refractivity contribution >= 4 is 27.5 Å². The minimum absolute atomic E-state index is 0.00777. The topological polar surface area (TPSA) is 104 Å². The first-order valence-electron chi connectivity index (χ1n) is 16.9. The van der Waals surface area contributed by atoms with Gasteiger partial charge in [0.1, 0.15) is 46.3 Å². The Morgan fingerprint density at radius 3 is 2.58 bits per heavy atom. The Hall–Kier alpha value is -3.90. The van der Waals surface area contributed by atoms with E-state index in [1.807, 2.05) is 0 Å². The Bertz CT molecular complexity index is 1880. The highest BCUT2D eigenvalue weighted by molar-refractivity contribution is 6.03. The molecule has 7 rings (SSSR count). The van der Waals surface area contributed by atoms with Gasteiger partial charge in [-0.3, -0.25) is 0 Å². The predicted octanol–water partition coefficient (Wildman–Crippen LogP) is 6.34. The fourth-order valence-corrected chi connectivity index (χ4v) is 8.54. The number of nitrogens with zero attached hydrogens (tertiary/aromatic N) is 5. The van der Waals surface area contributed by atoms with E-state index in [1.165, 1.54) is 31.4 Å². The number of β-amino-alcohol motifs (C(OH)–C–C–N with tert-alkyl or cyclic N) is 1. The zero-order valence-electron chi connectivity index (χ0n) is 27.7. The number of ether oxygens (including phenoxy) is 2. The van der Waals surface area contributed by atoms with E-state index in [-0.39, 0.29) is 64.0 Å². The first kappa shape index (κ1) is 32.6. The van der Waals surface area contributed by atoms with Gasteiger partial charge in [-0.15, -0.1) is 0 Å². The van der Waals surface area contributed by atoms with Crippen molar-refractivity contribution in [3.63, 3.8) is 0 Å². The zero-order chi connectivity index (χ0) is 33.8. The third-order valence-electron chi connectivity index (χ3n) is 10.8. The normalized spacial score (nSPS) is 24.7. The molecule has 0 unspecified atom stereocenters. The SMILES string of the molecule is CCc1c(F)ccc2cc(O)cc(-c3nc(OC)c4c(N5CCC[C@](O)(CF)C5)nc(OC[C@]56CCC[C@H]5N(C)CCC6)nc4c3F)c12. The average molecular weight is 666 g/mol. The van der Waals surface area contributed by atoms with Crippen molar-refractivity contribution < 1.29 is 32.9 Å². The van der Waals surface area contributed by atoms with Gasteiger partial charge in [0.15, 0.2) is 5.82 Å². The van der Waals surface area contributed by atoms with Crippen molar-refractivity contribution in [3.05, 3.63) is 41.5 Å². The third kappa shape index (κ3) is 5.46. The number of methoxy groups -OCH3 is 1. The van der Waals surface area contributed by atoms with Crippen molar-refractivity contribution in [2.45, 2.75) is 69.9 Å². The molecule has 2 aliphatic heterocycles. The van der Waals surface area contributed by atoms with Crippen LogP contribution in [0.15, 0.2) is 24.3 Å². The van der Waals surface area contributed by atoms with E-state index in [4.69, 9.17) is 14.5 Å². The van der Waals surface area contributed by atoms with Gasteiger partial charge in [0.25, 0.3) is 0 Å². The molecule has 4 aromatic rings. The average Bonchev–Trinajstić information content (AvgIpc) is 3.53. The molecule has 2 aromatic heterocycles. The van der Waals surface area contributed by atoms with Gasteiger partial charge in [-0.1, -0.05) is 19.4 Å². The van der Waals surface area contributed by atoms with Gasteiger partial charge in [-0.2, -0.15) is 9.97 Å². The number of aliphatic hydroxyl groups is 1. The molecule has 0 radical (unpaired) electrons. The van der Waals surface area contributed by atoms with Gasteiger partial charge in [-0.05, 0) is 93.1 Å². The van der Waals surface area contributed by atoms with Crippen LogP contribution in [0.4, 0.5) is 19.0 Å². The number of alkyl halides is 1. The molecule has 0 spiro atoms. The lowest BCUT2D eigenvalue weighted by atomic mass is 9.76. The minimum atomic E-state index is -1.60. The van der Waals surface area contributed by atoms with Crippen LogP contribution in [-0.2, 0) is 6.42 Å². The fraction of sp³-hybridized carbons (Fsp3) is 0.528. The van der Waals surface area contributed by atoms with Crippen LogP contribution in [0.25, 0.3) is 32.9 Å². The molecular weight excluding hydrogens is 623 g/mol. The quantitative estimate of drug-likeness (QED) is 0.223. The summed E-state index contributed by atoms with van der Waals surface area (Å²) < 4.78 is 58.4. The molecule has 0 amide bonds. The number of phenolic OH excluding ortho intramolecular Hbond substituents is 1. The number of anilines is 1. The lowest BCUT2D eigenvalue weighted by molar-refractivity contribution is 0.00287. The monoisotopic (exact) mass is 665 g/mol. The van der Waals surface area contributed by atoms with Gasteiger partial charge in [0, 0.05) is 23.6 Å². The zero-order valence-corrected chi connectivity index (χ0v) is 27.7. The van der Waals surface area contributed by atoms with Crippen molar-refractivity contribution in [2.24, 2.45) is 5.41 Å². The summed E-state index contributed by atoms with van der Waals surface area (Å²) in [7, 11) is 3.54. The van der Waals surface area contributed by atoms with Gasteiger partial charge in [0.2, 0.25) is 5.88 Å². The number of hydrogen-bond donors (Lipinski definition) is 2. The van der Waals surface area contributed by atoms with Crippen LogP contribution in [-0.4, -0.2) is 88.8 Å². The number of hydrogen-bond acceptors (Lipinski definition) is 9. The largest absolute Gasteiger partial charge is 0.508 e. The summed E-state index contributed by atoms with van der Waals surface area (Å²) in [5, 5.41) is 22.7. The summed E-state index contributed by atoms with van der Waals surface area (Å²) in [6.45, 7) is 2.60. The molecule has 3 fully saturated rings. The van der Waals surface area contributed by atoms with Gasteiger partial charge >= 0.3 is 6.01 Å². The number of rotatable bonds is 8. The number of pyridine rings is 1. The molecule has 9 nitrogen and oxygen atoms in total.